The number of hydrogen-bond acceptors (Lipinski definition) is 3. The van der Waals surface area contributed by atoms with Crippen molar-refractivity contribution in [3.8, 4) is 0 Å². The molecule has 136 valence electrons. The van der Waals surface area contributed by atoms with E-state index in [1.54, 1.807) is 6.20 Å². The normalized spacial score (nSPS) is 13.7. The number of nitrogens with one attached hydrogen (secondary N) is 1. The molecule has 0 aliphatic carbocycles. The van der Waals surface area contributed by atoms with E-state index in [2.05, 4.69) is 15.3 Å². The third kappa shape index (κ3) is 6.54. The number of aromatic nitrogens is 1. The van der Waals surface area contributed by atoms with E-state index in [0.29, 0.717) is 13.0 Å². The molecular weight excluding hydrogens is 441 g/mol. The summed E-state index contributed by atoms with van der Waals surface area (Å²) in [6.07, 6.45) is 2.38. The first kappa shape index (κ1) is 21.2. The maximum absolute atomic E-state index is 13.8. The minimum absolute atomic E-state index is 0. The van der Waals surface area contributed by atoms with Crippen molar-refractivity contribution in [3.63, 3.8) is 0 Å². The molecule has 0 fully saturated rings. The lowest BCUT2D eigenvalue weighted by Crippen LogP contribution is -2.36. The average Bonchev–Trinajstić information content (AvgIpc) is 2.54. The van der Waals surface area contributed by atoms with Crippen LogP contribution in [0.5, 0.6) is 0 Å². The van der Waals surface area contributed by atoms with Gasteiger partial charge in [-0.15, -0.1) is 24.0 Å². The molecule has 2 rings (SSSR count). The van der Waals surface area contributed by atoms with E-state index in [9.17, 15) is 13.9 Å². The van der Waals surface area contributed by atoms with Gasteiger partial charge in [-0.3, -0.25) is 9.98 Å². The predicted molar refractivity (Wildman–Crippen MR) is 104 cm³/mol. The first-order chi connectivity index (χ1) is 11.4. The fraction of sp³-hybridized carbons (Fsp3) is 0.294. The van der Waals surface area contributed by atoms with Gasteiger partial charge in [0.2, 0.25) is 0 Å². The van der Waals surface area contributed by atoms with Crippen LogP contribution in [0.1, 0.15) is 18.2 Å². The van der Waals surface area contributed by atoms with Gasteiger partial charge in [0.05, 0.1) is 6.54 Å². The summed E-state index contributed by atoms with van der Waals surface area (Å²) in [5.74, 6) is -1.39. The largest absolute Gasteiger partial charge is 0.383 e. The van der Waals surface area contributed by atoms with Crippen molar-refractivity contribution in [2.75, 3.05) is 13.1 Å². The Morgan fingerprint density at radius 3 is 2.72 bits per heavy atom. The number of nitrogens with zero attached hydrogens (tertiary/aromatic N) is 2. The Hall–Kier alpha value is -1.81. The Balaban J connectivity index is 0.00000312. The fourth-order valence-corrected chi connectivity index (χ4v) is 2.17. The van der Waals surface area contributed by atoms with Gasteiger partial charge in [0.15, 0.2) is 5.96 Å². The summed E-state index contributed by atoms with van der Waals surface area (Å²) in [7, 11) is 0. The van der Waals surface area contributed by atoms with Gasteiger partial charge in [-0.25, -0.2) is 8.78 Å². The molecule has 1 atom stereocenters. The minimum Gasteiger partial charge on any atom is -0.383 e. The van der Waals surface area contributed by atoms with E-state index in [1.807, 2.05) is 18.2 Å². The molecule has 0 aliphatic rings. The Bertz CT molecular complexity index is 711. The quantitative estimate of drug-likeness (QED) is 0.350. The van der Waals surface area contributed by atoms with Crippen molar-refractivity contribution in [2.45, 2.75) is 18.9 Å². The molecule has 0 amide bonds. The molecular formula is C17H21F2IN4O. The van der Waals surface area contributed by atoms with Crippen molar-refractivity contribution in [2.24, 2.45) is 10.7 Å². The second-order valence-electron chi connectivity index (χ2n) is 5.60. The van der Waals surface area contributed by atoms with Crippen LogP contribution in [0.15, 0.2) is 47.6 Å². The number of rotatable bonds is 6. The third-order valence-corrected chi connectivity index (χ3v) is 3.48. The van der Waals surface area contributed by atoms with Gasteiger partial charge in [0, 0.05) is 36.5 Å². The number of aliphatic imine (C=N–C) groups is 1. The van der Waals surface area contributed by atoms with Crippen molar-refractivity contribution >= 4 is 29.9 Å². The van der Waals surface area contributed by atoms with Crippen molar-refractivity contribution in [3.05, 3.63) is 65.5 Å². The number of hydrogen-bond donors (Lipinski definition) is 3. The highest BCUT2D eigenvalue weighted by Gasteiger charge is 2.26. The van der Waals surface area contributed by atoms with Crippen LogP contribution in [0.25, 0.3) is 0 Å². The average molecular weight is 462 g/mol. The van der Waals surface area contributed by atoms with E-state index in [0.717, 1.165) is 17.8 Å². The van der Waals surface area contributed by atoms with Crippen LogP contribution >= 0.6 is 24.0 Å². The molecule has 25 heavy (non-hydrogen) atoms. The van der Waals surface area contributed by atoms with Crippen LogP contribution in [0.3, 0.4) is 0 Å². The SMILES string of the molecule is CC(O)(CN=C(N)NCCc1ccccn1)c1ccc(F)cc1F.I. The van der Waals surface area contributed by atoms with Crippen LogP contribution in [-0.4, -0.2) is 29.1 Å². The van der Waals surface area contributed by atoms with Gasteiger partial charge >= 0.3 is 0 Å². The number of pyridine rings is 1. The van der Waals surface area contributed by atoms with E-state index < -0.39 is 17.2 Å². The van der Waals surface area contributed by atoms with Crippen LogP contribution in [0, 0.1) is 11.6 Å². The molecule has 0 spiro atoms. The number of halogens is 3. The van der Waals surface area contributed by atoms with Gasteiger partial charge in [-0.1, -0.05) is 12.1 Å². The number of benzene rings is 1. The Morgan fingerprint density at radius 1 is 1.32 bits per heavy atom. The monoisotopic (exact) mass is 462 g/mol. The topological polar surface area (TPSA) is 83.5 Å². The van der Waals surface area contributed by atoms with Gasteiger partial charge < -0.3 is 16.2 Å². The maximum Gasteiger partial charge on any atom is 0.188 e. The summed E-state index contributed by atoms with van der Waals surface area (Å²) in [6, 6.07) is 8.65. The summed E-state index contributed by atoms with van der Waals surface area (Å²) >= 11 is 0. The zero-order valence-electron chi connectivity index (χ0n) is 13.7. The molecule has 0 bridgehead atoms. The summed E-state index contributed by atoms with van der Waals surface area (Å²) < 4.78 is 26.7. The lowest BCUT2D eigenvalue weighted by Gasteiger charge is -2.22. The second kappa shape index (κ2) is 9.62. The first-order valence-corrected chi connectivity index (χ1v) is 7.50. The smallest absolute Gasteiger partial charge is 0.188 e. The lowest BCUT2D eigenvalue weighted by molar-refractivity contribution is 0.0633. The molecule has 0 radical (unpaired) electrons. The van der Waals surface area contributed by atoms with Crippen LogP contribution in [-0.2, 0) is 12.0 Å². The predicted octanol–water partition coefficient (Wildman–Crippen LogP) is 2.33. The number of aliphatic hydroxyl groups is 1. The molecule has 1 unspecified atom stereocenters. The second-order valence-corrected chi connectivity index (χ2v) is 5.60. The van der Waals surface area contributed by atoms with Gasteiger partial charge in [-0.05, 0) is 25.1 Å². The lowest BCUT2D eigenvalue weighted by atomic mass is 9.95. The highest BCUT2D eigenvalue weighted by Crippen LogP contribution is 2.24. The van der Waals surface area contributed by atoms with Gasteiger partial charge in [-0.2, -0.15) is 0 Å². The molecule has 1 aromatic heterocycles. The highest BCUT2D eigenvalue weighted by molar-refractivity contribution is 14.0. The standard InChI is InChI=1S/C17H20F2N4O.HI/c1-17(24,14-6-5-12(18)10-15(14)19)11-23-16(20)22-9-7-13-4-2-3-8-21-13;/h2-6,8,10,24H,7,9,11H2,1H3,(H3,20,22,23);1H. The molecule has 4 N–H and O–H groups in total. The van der Waals surface area contributed by atoms with Crippen LogP contribution in [0.4, 0.5) is 8.78 Å². The Morgan fingerprint density at radius 2 is 2.08 bits per heavy atom. The molecule has 2 aromatic rings. The first-order valence-electron chi connectivity index (χ1n) is 7.50. The van der Waals surface area contributed by atoms with Crippen molar-refractivity contribution < 1.29 is 13.9 Å². The van der Waals surface area contributed by atoms with E-state index >= 15 is 0 Å². The Kier molecular flexibility index (Phi) is 8.17. The highest BCUT2D eigenvalue weighted by atomic mass is 127. The summed E-state index contributed by atoms with van der Waals surface area (Å²) in [4.78, 5) is 8.20. The minimum atomic E-state index is -1.59. The summed E-state index contributed by atoms with van der Waals surface area (Å²) in [5, 5.41) is 13.2. The molecule has 0 saturated carbocycles. The summed E-state index contributed by atoms with van der Waals surface area (Å²) in [5.41, 5.74) is 5.03. The Labute approximate surface area is 162 Å². The molecule has 0 aliphatic heterocycles. The number of guanidine groups is 1. The van der Waals surface area contributed by atoms with Crippen molar-refractivity contribution in [1.82, 2.24) is 10.3 Å². The summed E-state index contributed by atoms with van der Waals surface area (Å²) in [6.45, 7) is 1.77. The van der Waals surface area contributed by atoms with E-state index in [1.165, 1.54) is 13.0 Å². The van der Waals surface area contributed by atoms with Gasteiger partial charge in [0.25, 0.3) is 0 Å². The molecule has 1 heterocycles. The third-order valence-electron chi connectivity index (χ3n) is 3.48. The van der Waals surface area contributed by atoms with Crippen LogP contribution < -0.4 is 11.1 Å². The van der Waals surface area contributed by atoms with Gasteiger partial charge in [0.1, 0.15) is 17.2 Å². The molecule has 0 saturated heterocycles. The van der Waals surface area contributed by atoms with E-state index in [-0.39, 0.29) is 42.0 Å². The zero-order valence-corrected chi connectivity index (χ0v) is 16.1. The van der Waals surface area contributed by atoms with Crippen LogP contribution in [0.2, 0.25) is 0 Å². The van der Waals surface area contributed by atoms with E-state index in [4.69, 9.17) is 5.73 Å². The fourth-order valence-electron chi connectivity index (χ4n) is 2.17. The zero-order chi connectivity index (χ0) is 17.6. The molecule has 5 nitrogen and oxygen atoms in total. The van der Waals surface area contributed by atoms with Crippen molar-refractivity contribution in [1.29, 1.82) is 0 Å². The maximum atomic E-state index is 13.8. The molecule has 1 aromatic carbocycles. The number of nitrogens with two attached hydrogens (primary N) is 1. The molecule has 8 heteroatoms.